The normalized spacial score (nSPS) is 10.2. The smallest absolute Gasteiger partial charge is 0.329 e. The predicted octanol–water partition coefficient (Wildman–Crippen LogP) is 1.35. The molecule has 0 heterocycles. The molecular formula is C14H19NO5. The van der Waals surface area contributed by atoms with Crippen LogP contribution >= 0.6 is 0 Å². The number of nitrogens with one attached hydrogen (secondary N) is 1. The van der Waals surface area contributed by atoms with E-state index in [1.165, 1.54) is 7.11 Å². The van der Waals surface area contributed by atoms with Gasteiger partial charge >= 0.3 is 11.9 Å². The van der Waals surface area contributed by atoms with Gasteiger partial charge in [-0.25, -0.2) is 4.79 Å². The van der Waals surface area contributed by atoms with E-state index in [0.717, 1.165) is 22.4 Å². The van der Waals surface area contributed by atoms with Crippen molar-refractivity contribution in [2.75, 3.05) is 26.1 Å². The van der Waals surface area contributed by atoms with Crippen LogP contribution in [0.3, 0.4) is 0 Å². The van der Waals surface area contributed by atoms with Crippen LogP contribution < -0.4 is 5.32 Å². The molecule has 0 atom stereocenters. The third kappa shape index (κ3) is 4.55. The number of carbonyl (C=O) groups excluding carboxylic acids is 1. The topological polar surface area (TPSA) is 84.9 Å². The zero-order chi connectivity index (χ0) is 15.1. The number of rotatable bonds is 7. The van der Waals surface area contributed by atoms with Crippen molar-refractivity contribution in [3.8, 4) is 0 Å². The molecule has 0 aliphatic rings. The molecule has 0 fully saturated rings. The van der Waals surface area contributed by atoms with E-state index in [0.29, 0.717) is 0 Å². The van der Waals surface area contributed by atoms with E-state index < -0.39 is 5.97 Å². The fourth-order valence-corrected chi connectivity index (χ4v) is 1.85. The van der Waals surface area contributed by atoms with Crippen LogP contribution in [-0.2, 0) is 32.1 Å². The molecule has 0 aliphatic carbocycles. The molecule has 0 aliphatic heterocycles. The lowest BCUT2D eigenvalue weighted by atomic mass is 10.0. The van der Waals surface area contributed by atoms with Crippen LogP contribution in [0.15, 0.2) is 12.1 Å². The Morgan fingerprint density at radius 2 is 2.05 bits per heavy atom. The Bertz CT molecular complexity index is 499. The van der Waals surface area contributed by atoms with Gasteiger partial charge in [0, 0.05) is 12.7 Å². The lowest BCUT2D eigenvalue weighted by molar-refractivity contribution is -0.142. The van der Waals surface area contributed by atoms with Gasteiger partial charge in [-0.15, -0.1) is 0 Å². The summed E-state index contributed by atoms with van der Waals surface area (Å²) in [4.78, 5) is 21.8. The molecule has 0 unspecified atom stereocenters. The minimum Gasteiger partial charge on any atom is -0.480 e. The zero-order valence-corrected chi connectivity index (χ0v) is 11.9. The monoisotopic (exact) mass is 281 g/mol. The Balaban J connectivity index is 2.92. The van der Waals surface area contributed by atoms with Crippen molar-refractivity contribution in [2.24, 2.45) is 0 Å². The van der Waals surface area contributed by atoms with Crippen LogP contribution in [-0.4, -0.2) is 37.8 Å². The first-order chi connectivity index (χ1) is 9.47. The minimum absolute atomic E-state index is 0.170. The first kappa shape index (κ1) is 16.0. The van der Waals surface area contributed by atoms with Crippen molar-refractivity contribution in [2.45, 2.75) is 20.0 Å². The van der Waals surface area contributed by atoms with E-state index in [4.69, 9.17) is 9.84 Å². The quantitative estimate of drug-likeness (QED) is 0.734. The summed E-state index contributed by atoms with van der Waals surface area (Å²) in [5.41, 5.74) is 3.47. The van der Waals surface area contributed by atoms with Gasteiger partial charge in [0.15, 0.2) is 0 Å². The first-order valence-corrected chi connectivity index (χ1v) is 6.14. The van der Waals surface area contributed by atoms with Crippen LogP contribution in [0, 0.1) is 6.92 Å². The molecule has 110 valence electrons. The molecule has 0 aromatic heterocycles. The molecule has 20 heavy (non-hydrogen) atoms. The van der Waals surface area contributed by atoms with Gasteiger partial charge in [0.2, 0.25) is 0 Å². The van der Waals surface area contributed by atoms with Crippen LogP contribution in [0.1, 0.15) is 16.7 Å². The summed E-state index contributed by atoms with van der Waals surface area (Å²) in [6.45, 7) is 1.73. The second-order valence-corrected chi connectivity index (χ2v) is 4.32. The standard InChI is InChI=1S/C14H19NO5/c1-9-11(6-14(18)19-3)4-10(5-12(9)15-2)7-20-8-13(16)17/h4-5,15H,6-8H2,1-3H3,(H,16,17). The summed E-state index contributed by atoms with van der Waals surface area (Å²) in [5, 5.41) is 11.6. The average molecular weight is 281 g/mol. The number of methoxy groups -OCH3 is 1. The van der Waals surface area contributed by atoms with Crippen molar-refractivity contribution < 1.29 is 24.2 Å². The van der Waals surface area contributed by atoms with Crippen LogP contribution in [0.2, 0.25) is 0 Å². The summed E-state index contributed by atoms with van der Waals surface area (Å²) >= 11 is 0. The maximum Gasteiger partial charge on any atom is 0.329 e. The summed E-state index contributed by atoms with van der Waals surface area (Å²) in [6, 6.07) is 3.70. The molecule has 2 N–H and O–H groups in total. The number of hydrogen-bond donors (Lipinski definition) is 2. The molecular weight excluding hydrogens is 262 g/mol. The average Bonchev–Trinajstić information content (AvgIpc) is 2.41. The molecule has 0 saturated carbocycles. The number of aliphatic carboxylic acids is 1. The van der Waals surface area contributed by atoms with Crippen molar-refractivity contribution >= 4 is 17.6 Å². The predicted molar refractivity (Wildman–Crippen MR) is 73.7 cm³/mol. The van der Waals surface area contributed by atoms with Crippen molar-refractivity contribution in [1.29, 1.82) is 0 Å². The number of benzene rings is 1. The molecule has 1 rings (SSSR count). The largest absolute Gasteiger partial charge is 0.480 e. The number of hydrogen-bond acceptors (Lipinski definition) is 5. The van der Waals surface area contributed by atoms with E-state index in [-0.39, 0.29) is 25.6 Å². The lowest BCUT2D eigenvalue weighted by Crippen LogP contribution is -2.10. The zero-order valence-electron chi connectivity index (χ0n) is 11.9. The van der Waals surface area contributed by atoms with Gasteiger partial charge in [-0.1, -0.05) is 6.07 Å². The second-order valence-electron chi connectivity index (χ2n) is 4.32. The van der Waals surface area contributed by atoms with Crippen LogP contribution in [0.5, 0.6) is 0 Å². The summed E-state index contributed by atoms with van der Waals surface area (Å²) in [6.07, 6.45) is 0.170. The Labute approximate surface area is 117 Å². The van der Waals surface area contributed by atoms with Crippen LogP contribution in [0.25, 0.3) is 0 Å². The van der Waals surface area contributed by atoms with Gasteiger partial charge in [-0.05, 0) is 29.7 Å². The Morgan fingerprint density at radius 3 is 2.60 bits per heavy atom. The van der Waals surface area contributed by atoms with Crippen molar-refractivity contribution in [1.82, 2.24) is 0 Å². The van der Waals surface area contributed by atoms with E-state index in [2.05, 4.69) is 10.1 Å². The molecule has 0 saturated heterocycles. The van der Waals surface area contributed by atoms with E-state index in [9.17, 15) is 9.59 Å². The number of carboxylic acid groups (broad SMARTS) is 1. The molecule has 0 spiro atoms. The van der Waals surface area contributed by atoms with Crippen molar-refractivity contribution in [3.05, 3.63) is 28.8 Å². The maximum absolute atomic E-state index is 11.4. The molecule has 0 radical (unpaired) electrons. The fourth-order valence-electron chi connectivity index (χ4n) is 1.85. The van der Waals surface area contributed by atoms with Gasteiger partial charge in [0.25, 0.3) is 0 Å². The van der Waals surface area contributed by atoms with E-state index in [1.807, 2.05) is 19.1 Å². The molecule has 6 heteroatoms. The number of ether oxygens (including phenoxy) is 2. The number of anilines is 1. The molecule has 0 bridgehead atoms. The third-order valence-corrected chi connectivity index (χ3v) is 2.90. The summed E-state index contributed by atoms with van der Waals surface area (Å²) in [7, 11) is 3.13. The number of carbonyl (C=O) groups is 2. The number of esters is 1. The highest BCUT2D eigenvalue weighted by Crippen LogP contribution is 2.23. The van der Waals surface area contributed by atoms with Gasteiger partial charge in [0.05, 0.1) is 20.1 Å². The van der Waals surface area contributed by atoms with Gasteiger partial charge in [-0.2, -0.15) is 0 Å². The molecule has 1 aromatic rings. The number of carboxylic acids is 1. The Hall–Kier alpha value is -2.08. The molecule has 1 aromatic carbocycles. The highest BCUT2D eigenvalue weighted by molar-refractivity contribution is 5.74. The van der Waals surface area contributed by atoms with E-state index in [1.54, 1.807) is 7.05 Å². The maximum atomic E-state index is 11.4. The summed E-state index contributed by atoms with van der Waals surface area (Å²) in [5.74, 6) is -1.33. The summed E-state index contributed by atoms with van der Waals surface area (Å²) < 4.78 is 9.73. The highest BCUT2D eigenvalue weighted by Gasteiger charge is 2.11. The molecule has 6 nitrogen and oxygen atoms in total. The van der Waals surface area contributed by atoms with Crippen molar-refractivity contribution in [3.63, 3.8) is 0 Å². The second kappa shape index (κ2) is 7.49. The molecule has 0 amide bonds. The Kier molecular flexibility index (Phi) is 5.99. The van der Waals surface area contributed by atoms with E-state index >= 15 is 0 Å². The van der Waals surface area contributed by atoms with Gasteiger partial charge in [0.1, 0.15) is 6.61 Å². The van der Waals surface area contributed by atoms with Crippen LogP contribution in [0.4, 0.5) is 5.69 Å². The highest BCUT2D eigenvalue weighted by atomic mass is 16.5. The fraction of sp³-hybridized carbons (Fsp3) is 0.429. The third-order valence-electron chi connectivity index (χ3n) is 2.90. The van der Waals surface area contributed by atoms with Gasteiger partial charge < -0.3 is 19.9 Å². The lowest BCUT2D eigenvalue weighted by Gasteiger charge is -2.13. The Morgan fingerprint density at radius 1 is 1.35 bits per heavy atom. The first-order valence-electron chi connectivity index (χ1n) is 6.14. The van der Waals surface area contributed by atoms with Gasteiger partial charge in [-0.3, -0.25) is 4.79 Å². The SMILES string of the molecule is CNc1cc(COCC(=O)O)cc(CC(=O)OC)c1C. The minimum atomic E-state index is -1.01.